The molecule has 5 nitrogen and oxygen atoms in total. The van der Waals surface area contributed by atoms with Crippen molar-refractivity contribution in [2.75, 3.05) is 13.2 Å². The molecule has 0 saturated heterocycles. The molecule has 0 saturated carbocycles. The average Bonchev–Trinajstić information content (AvgIpc) is 3.42. The van der Waals surface area contributed by atoms with E-state index < -0.39 is 6.10 Å². The Balaban J connectivity index is 3.50. The standard InChI is InChI=1S/C71H122O5/c1-3-5-7-9-11-13-15-17-19-21-23-25-27-28-29-30-31-32-33-34-35-36-37-38-39-40-41-42-44-46-48-50-52-54-56-58-60-62-64-66-71(74)76-69(67-72)68-75-70(73)65-63-61-59-57-55-53-51-49-47-45-43-26-24-22-20-18-16-14-12-10-8-6-4-2/h5,7,11,13,17,19,22-25,28-29,31-32,34-35,37-38,69,72H,3-4,6,8-10,12,14-16,18,20-21,26-27,30,33,36,39-68H2,1-2H3/b7-5-,13-11-,19-17-,24-22-,25-23-,29-28-,32-31-,35-34-,38-37-. The Bertz CT molecular complexity index is 1470. The number of rotatable bonds is 59. The number of carbonyl (C=O) groups excluding carboxylic acids is 2. The van der Waals surface area contributed by atoms with Gasteiger partial charge in [0.1, 0.15) is 6.61 Å². The molecule has 0 spiro atoms. The van der Waals surface area contributed by atoms with Crippen molar-refractivity contribution in [2.24, 2.45) is 0 Å². The first-order valence-corrected chi connectivity index (χ1v) is 32.4. The molecule has 1 N–H and O–H groups in total. The van der Waals surface area contributed by atoms with Gasteiger partial charge in [0, 0.05) is 12.8 Å². The Morgan fingerprint density at radius 1 is 0.316 bits per heavy atom. The van der Waals surface area contributed by atoms with E-state index in [2.05, 4.69) is 123 Å². The van der Waals surface area contributed by atoms with Gasteiger partial charge in [0.15, 0.2) is 6.10 Å². The van der Waals surface area contributed by atoms with E-state index in [-0.39, 0.29) is 25.2 Å². The molecule has 1 unspecified atom stereocenters. The molecule has 0 bridgehead atoms. The van der Waals surface area contributed by atoms with Gasteiger partial charge in [-0.1, -0.05) is 303 Å². The van der Waals surface area contributed by atoms with Crippen LogP contribution in [0.4, 0.5) is 0 Å². The highest BCUT2D eigenvalue weighted by Crippen LogP contribution is 2.17. The zero-order chi connectivity index (χ0) is 54.8. The molecule has 0 aliphatic heterocycles. The predicted molar refractivity (Wildman–Crippen MR) is 334 cm³/mol. The fourth-order valence-electron chi connectivity index (χ4n) is 9.22. The molecule has 0 aliphatic rings. The number of hydrogen-bond donors (Lipinski definition) is 1. The van der Waals surface area contributed by atoms with E-state index in [0.29, 0.717) is 12.8 Å². The summed E-state index contributed by atoms with van der Waals surface area (Å²) in [5.74, 6) is -0.585. The first-order valence-electron chi connectivity index (χ1n) is 32.4. The number of aliphatic hydroxyl groups excluding tert-OH is 1. The molecule has 0 aliphatic carbocycles. The van der Waals surface area contributed by atoms with Crippen LogP contribution in [0.2, 0.25) is 0 Å². The van der Waals surface area contributed by atoms with Crippen LogP contribution in [0.1, 0.15) is 309 Å². The van der Waals surface area contributed by atoms with Gasteiger partial charge in [0.25, 0.3) is 0 Å². The zero-order valence-electron chi connectivity index (χ0n) is 50.0. The second-order valence-corrected chi connectivity index (χ2v) is 21.5. The maximum Gasteiger partial charge on any atom is 0.306 e. The minimum atomic E-state index is -0.778. The molecule has 1 atom stereocenters. The summed E-state index contributed by atoms with van der Waals surface area (Å²) in [6.45, 7) is 4.05. The van der Waals surface area contributed by atoms with E-state index in [1.807, 2.05) is 0 Å². The molecule has 0 rings (SSSR count). The van der Waals surface area contributed by atoms with Crippen molar-refractivity contribution in [1.82, 2.24) is 0 Å². The maximum atomic E-state index is 12.3. The van der Waals surface area contributed by atoms with Gasteiger partial charge in [-0.25, -0.2) is 0 Å². The van der Waals surface area contributed by atoms with Crippen molar-refractivity contribution in [1.29, 1.82) is 0 Å². The summed E-state index contributed by atoms with van der Waals surface area (Å²) in [5.41, 5.74) is 0. The summed E-state index contributed by atoms with van der Waals surface area (Å²) in [6.07, 6.45) is 95.2. The molecule has 0 fully saturated rings. The highest BCUT2D eigenvalue weighted by molar-refractivity contribution is 5.70. The SMILES string of the molecule is CC/C=C\C/C=C\C/C=C\C/C=C\C/C=C\C/C=C\C/C=C\C/C=C\CCCCCCCCCCCCCCCCC(=O)OC(CO)COC(=O)CCCCCCCCCCCCC/C=C\CCCCCCCCCC. The topological polar surface area (TPSA) is 72.8 Å². The van der Waals surface area contributed by atoms with Crippen molar-refractivity contribution in [3.8, 4) is 0 Å². The third-order valence-electron chi connectivity index (χ3n) is 14.1. The lowest BCUT2D eigenvalue weighted by molar-refractivity contribution is -0.161. The van der Waals surface area contributed by atoms with Gasteiger partial charge in [-0.05, 0) is 103 Å². The van der Waals surface area contributed by atoms with Crippen LogP contribution in [0.3, 0.4) is 0 Å². The summed E-state index contributed by atoms with van der Waals surface area (Å²) in [6, 6.07) is 0. The van der Waals surface area contributed by atoms with Crippen molar-refractivity contribution >= 4 is 11.9 Å². The molecule has 0 aromatic carbocycles. The minimum absolute atomic E-state index is 0.0677. The molecule has 0 heterocycles. The van der Waals surface area contributed by atoms with Crippen molar-refractivity contribution < 1.29 is 24.2 Å². The van der Waals surface area contributed by atoms with Crippen LogP contribution in [-0.2, 0) is 19.1 Å². The van der Waals surface area contributed by atoms with E-state index in [1.54, 1.807) is 0 Å². The van der Waals surface area contributed by atoms with Crippen LogP contribution >= 0.6 is 0 Å². The molecule has 5 heteroatoms. The quantitative estimate of drug-likeness (QED) is 0.0373. The van der Waals surface area contributed by atoms with Gasteiger partial charge in [-0.2, -0.15) is 0 Å². The van der Waals surface area contributed by atoms with Crippen LogP contribution < -0.4 is 0 Å². The number of ether oxygens (including phenoxy) is 2. The van der Waals surface area contributed by atoms with E-state index in [9.17, 15) is 14.7 Å². The largest absolute Gasteiger partial charge is 0.462 e. The zero-order valence-corrected chi connectivity index (χ0v) is 50.0. The maximum absolute atomic E-state index is 12.3. The Hall–Kier alpha value is -3.44. The minimum Gasteiger partial charge on any atom is -0.462 e. The third kappa shape index (κ3) is 63.1. The second-order valence-electron chi connectivity index (χ2n) is 21.5. The number of aliphatic hydroxyl groups is 1. The molecule has 0 radical (unpaired) electrons. The van der Waals surface area contributed by atoms with E-state index >= 15 is 0 Å². The van der Waals surface area contributed by atoms with Crippen LogP contribution in [0.25, 0.3) is 0 Å². The fourth-order valence-corrected chi connectivity index (χ4v) is 9.22. The number of carbonyl (C=O) groups is 2. The lowest BCUT2D eigenvalue weighted by Gasteiger charge is -2.15. The molecule has 436 valence electrons. The van der Waals surface area contributed by atoms with Gasteiger partial charge >= 0.3 is 11.9 Å². The van der Waals surface area contributed by atoms with Crippen molar-refractivity contribution in [2.45, 2.75) is 315 Å². The summed E-state index contributed by atoms with van der Waals surface area (Å²) in [5, 5.41) is 9.68. The monoisotopic (exact) mass is 1050 g/mol. The lowest BCUT2D eigenvalue weighted by Crippen LogP contribution is -2.28. The number of unbranched alkanes of at least 4 members (excludes halogenated alkanes) is 33. The number of allylic oxidation sites excluding steroid dienone is 18. The lowest BCUT2D eigenvalue weighted by atomic mass is 10.0. The van der Waals surface area contributed by atoms with Crippen molar-refractivity contribution in [3.05, 3.63) is 109 Å². The van der Waals surface area contributed by atoms with Gasteiger partial charge < -0.3 is 14.6 Å². The third-order valence-corrected chi connectivity index (χ3v) is 14.1. The van der Waals surface area contributed by atoms with Crippen molar-refractivity contribution in [3.63, 3.8) is 0 Å². The highest BCUT2D eigenvalue weighted by atomic mass is 16.6. The molecule has 0 amide bonds. The summed E-state index contributed by atoms with van der Waals surface area (Å²) in [4.78, 5) is 24.6. The predicted octanol–water partition coefficient (Wildman–Crippen LogP) is 22.4. The Morgan fingerprint density at radius 2 is 0.566 bits per heavy atom. The van der Waals surface area contributed by atoms with Crippen LogP contribution in [0.5, 0.6) is 0 Å². The van der Waals surface area contributed by atoms with E-state index in [1.165, 1.54) is 193 Å². The molecular weight excluding hydrogens is 933 g/mol. The Kier molecular flexibility index (Phi) is 62.9. The number of esters is 2. The van der Waals surface area contributed by atoms with Gasteiger partial charge in [-0.3, -0.25) is 9.59 Å². The fraction of sp³-hybridized carbons (Fsp3) is 0.718. The first-order chi connectivity index (χ1) is 37.6. The molecule has 0 aromatic rings. The number of hydrogen-bond acceptors (Lipinski definition) is 5. The van der Waals surface area contributed by atoms with Crippen LogP contribution in [0, 0.1) is 0 Å². The molecule has 0 aromatic heterocycles. The van der Waals surface area contributed by atoms with Crippen LogP contribution in [0.15, 0.2) is 109 Å². The van der Waals surface area contributed by atoms with Crippen LogP contribution in [-0.4, -0.2) is 36.4 Å². The molecule has 76 heavy (non-hydrogen) atoms. The average molecular weight is 1060 g/mol. The highest BCUT2D eigenvalue weighted by Gasteiger charge is 2.16. The van der Waals surface area contributed by atoms with E-state index in [0.717, 1.165) is 89.9 Å². The van der Waals surface area contributed by atoms with Gasteiger partial charge in [0.2, 0.25) is 0 Å². The second kappa shape index (κ2) is 65.8. The first kappa shape index (κ1) is 72.6. The normalized spacial score (nSPS) is 12.9. The van der Waals surface area contributed by atoms with E-state index in [4.69, 9.17) is 9.47 Å². The molecular formula is C71H122O5. The smallest absolute Gasteiger partial charge is 0.306 e. The Morgan fingerprint density at radius 3 is 0.868 bits per heavy atom. The Labute approximate surface area is 471 Å². The summed E-state index contributed by atoms with van der Waals surface area (Å²) < 4.78 is 10.7. The van der Waals surface area contributed by atoms with Gasteiger partial charge in [-0.15, -0.1) is 0 Å². The summed E-state index contributed by atoms with van der Waals surface area (Å²) >= 11 is 0. The van der Waals surface area contributed by atoms with Gasteiger partial charge in [0.05, 0.1) is 6.61 Å². The summed E-state index contributed by atoms with van der Waals surface area (Å²) in [7, 11) is 0.